The van der Waals surface area contributed by atoms with E-state index in [2.05, 4.69) is 20.8 Å². The maximum atomic E-state index is 14.8. The third-order valence-corrected chi connectivity index (χ3v) is 5.96. The molecular formula is C30H34FNO5. The van der Waals surface area contributed by atoms with Gasteiger partial charge in [0, 0.05) is 17.9 Å². The molecule has 7 heteroatoms. The van der Waals surface area contributed by atoms with Crippen molar-refractivity contribution >= 4 is 11.9 Å². The number of ether oxygens (including phenoxy) is 2. The maximum Gasteiger partial charge on any atom is 0.303 e. The van der Waals surface area contributed by atoms with Gasteiger partial charge in [-0.15, -0.1) is 0 Å². The van der Waals surface area contributed by atoms with Crippen LogP contribution in [0.2, 0.25) is 0 Å². The Morgan fingerprint density at radius 3 is 2.35 bits per heavy atom. The zero-order valence-corrected chi connectivity index (χ0v) is 21.7. The van der Waals surface area contributed by atoms with Crippen molar-refractivity contribution in [1.82, 2.24) is 0 Å². The summed E-state index contributed by atoms with van der Waals surface area (Å²) in [5.41, 5.74) is 9.04. The predicted octanol–water partition coefficient (Wildman–Crippen LogP) is 6.10. The number of aliphatic carboxylic acids is 1. The second kappa shape index (κ2) is 11.9. The molecule has 0 spiro atoms. The number of carbonyl (C=O) groups is 2. The predicted molar refractivity (Wildman–Crippen MR) is 141 cm³/mol. The molecule has 196 valence electrons. The van der Waals surface area contributed by atoms with E-state index in [1.807, 2.05) is 36.4 Å². The van der Waals surface area contributed by atoms with Crippen LogP contribution >= 0.6 is 0 Å². The van der Waals surface area contributed by atoms with Gasteiger partial charge < -0.3 is 20.3 Å². The van der Waals surface area contributed by atoms with Crippen LogP contribution < -0.4 is 15.2 Å². The van der Waals surface area contributed by atoms with Gasteiger partial charge in [0.25, 0.3) is 0 Å². The van der Waals surface area contributed by atoms with Gasteiger partial charge in [-0.25, -0.2) is 4.39 Å². The van der Waals surface area contributed by atoms with Crippen LogP contribution in [0.5, 0.6) is 11.5 Å². The summed E-state index contributed by atoms with van der Waals surface area (Å²) in [6.07, 6.45) is 0.469. The summed E-state index contributed by atoms with van der Waals surface area (Å²) in [7, 11) is 1.55. The van der Waals surface area contributed by atoms with E-state index in [4.69, 9.17) is 15.2 Å². The Labute approximate surface area is 217 Å². The second-order valence-corrected chi connectivity index (χ2v) is 10.4. The van der Waals surface area contributed by atoms with Gasteiger partial charge in [-0.2, -0.15) is 0 Å². The van der Waals surface area contributed by atoms with Crippen LogP contribution in [0.25, 0.3) is 11.1 Å². The molecule has 3 rings (SSSR count). The summed E-state index contributed by atoms with van der Waals surface area (Å²) in [5, 5.41) is 9.23. The monoisotopic (exact) mass is 507 g/mol. The number of hydrogen-bond acceptors (Lipinski definition) is 4. The smallest absolute Gasteiger partial charge is 0.303 e. The van der Waals surface area contributed by atoms with Crippen molar-refractivity contribution in [2.45, 2.75) is 52.6 Å². The lowest BCUT2D eigenvalue weighted by molar-refractivity contribution is -0.137. The summed E-state index contributed by atoms with van der Waals surface area (Å²) in [6, 6.07) is 17.6. The SMILES string of the molecule is COc1ccc(F)c(-c2ccc(OCc3cccc(C(CC(N)=O)CC(=O)O)c3)cc2CC(C)(C)C)c1. The van der Waals surface area contributed by atoms with Gasteiger partial charge in [0.2, 0.25) is 5.91 Å². The number of carbonyl (C=O) groups excluding carboxylic acids is 1. The van der Waals surface area contributed by atoms with E-state index in [0.717, 1.165) is 22.3 Å². The lowest BCUT2D eigenvalue weighted by Crippen LogP contribution is -2.17. The Morgan fingerprint density at radius 1 is 0.973 bits per heavy atom. The number of methoxy groups -OCH3 is 1. The largest absolute Gasteiger partial charge is 0.497 e. The number of primary amides is 1. The van der Waals surface area contributed by atoms with Crippen molar-refractivity contribution in [3.05, 3.63) is 83.2 Å². The van der Waals surface area contributed by atoms with Crippen molar-refractivity contribution in [3.8, 4) is 22.6 Å². The van der Waals surface area contributed by atoms with E-state index in [-0.39, 0.29) is 30.7 Å². The Morgan fingerprint density at radius 2 is 1.70 bits per heavy atom. The Kier molecular flexibility index (Phi) is 8.92. The van der Waals surface area contributed by atoms with Crippen molar-refractivity contribution in [2.24, 2.45) is 11.1 Å². The van der Waals surface area contributed by atoms with Crippen molar-refractivity contribution in [2.75, 3.05) is 7.11 Å². The average molecular weight is 508 g/mol. The summed E-state index contributed by atoms with van der Waals surface area (Å²) in [5.74, 6) is -1.16. The molecule has 1 atom stereocenters. The molecule has 0 radical (unpaired) electrons. The quantitative estimate of drug-likeness (QED) is 0.327. The lowest BCUT2D eigenvalue weighted by atomic mass is 9.84. The van der Waals surface area contributed by atoms with Crippen LogP contribution in [0.3, 0.4) is 0 Å². The van der Waals surface area contributed by atoms with Gasteiger partial charge in [0.05, 0.1) is 13.5 Å². The van der Waals surface area contributed by atoms with Gasteiger partial charge in [-0.3, -0.25) is 9.59 Å². The van der Waals surface area contributed by atoms with Crippen LogP contribution in [0.15, 0.2) is 60.7 Å². The number of carboxylic acids is 1. The van der Waals surface area contributed by atoms with E-state index in [0.29, 0.717) is 23.5 Å². The van der Waals surface area contributed by atoms with Crippen LogP contribution in [0.1, 0.15) is 56.2 Å². The molecule has 0 saturated heterocycles. The lowest BCUT2D eigenvalue weighted by Gasteiger charge is -2.22. The van der Waals surface area contributed by atoms with Gasteiger partial charge >= 0.3 is 5.97 Å². The van der Waals surface area contributed by atoms with Gasteiger partial charge in [0.15, 0.2) is 0 Å². The molecule has 0 aliphatic carbocycles. The van der Waals surface area contributed by atoms with Crippen LogP contribution in [-0.2, 0) is 22.6 Å². The molecule has 6 nitrogen and oxygen atoms in total. The normalized spacial score (nSPS) is 12.1. The highest BCUT2D eigenvalue weighted by Gasteiger charge is 2.20. The van der Waals surface area contributed by atoms with E-state index in [1.54, 1.807) is 25.3 Å². The Bertz CT molecular complexity index is 1250. The topological polar surface area (TPSA) is 98.9 Å². The van der Waals surface area contributed by atoms with Crippen molar-refractivity contribution in [1.29, 1.82) is 0 Å². The molecule has 0 aliphatic heterocycles. The Balaban J connectivity index is 1.87. The average Bonchev–Trinajstić information content (AvgIpc) is 2.82. The highest BCUT2D eigenvalue weighted by atomic mass is 19.1. The number of rotatable bonds is 11. The maximum absolute atomic E-state index is 14.8. The number of benzene rings is 3. The number of nitrogens with two attached hydrogens (primary N) is 1. The van der Waals surface area contributed by atoms with E-state index in [1.165, 1.54) is 6.07 Å². The van der Waals surface area contributed by atoms with Gasteiger partial charge in [-0.1, -0.05) is 51.1 Å². The fourth-order valence-electron chi connectivity index (χ4n) is 4.34. The standard InChI is InChI=1S/C30H34FNO5/c1-30(2,3)17-22-13-24(8-10-25(22)26-16-23(36-4)9-11-27(26)31)37-18-19-6-5-7-20(12-19)21(14-28(32)33)15-29(34)35/h5-13,16,21H,14-15,17-18H2,1-4H3,(H2,32,33)(H,34,35). The summed E-state index contributed by atoms with van der Waals surface area (Å²) < 4.78 is 26.2. The van der Waals surface area contributed by atoms with Gasteiger partial charge in [0.1, 0.15) is 23.9 Å². The Hall–Kier alpha value is -3.87. The number of hydrogen-bond donors (Lipinski definition) is 2. The number of amides is 1. The highest BCUT2D eigenvalue weighted by Crippen LogP contribution is 2.35. The first-order valence-electron chi connectivity index (χ1n) is 12.1. The van der Waals surface area contributed by atoms with E-state index < -0.39 is 17.8 Å². The molecule has 1 amide bonds. The minimum absolute atomic E-state index is 0.0450. The van der Waals surface area contributed by atoms with E-state index >= 15 is 0 Å². The first kappa shape index (κ1) is 27.7. The molecule has 0 aromatic heterocycles. The molecular weight excluding hydrogens is 473 g/mol. The molecule has 0 heterocycles. The summed E-state index contributed by atoms with van der Waals surface area (Å²) in [6.45, 7) is 6.61. The molecule has 3 aromatic rings. The first-order chi connectivity index (χ1) is 17.4. The molecule has 0 aliphatic rings. The highest BCUT2D eigenvalue weighted by molar-refractivity contribution is 5.76. The van der Waals surface area contributed by atoms with Gasteiger partial charge in [-0.05, 0) is 64.4 Å². The first-order valence-corrected chi connectivity index (χ1v) is 12.1. The van der Waals surface area contributed by atoms with Crippen LogP contribution in [0.4, 0.5) is 4.39 Å². The molecule has 3 N–H and O–H groups in total. The fourth-order valence-corrected chi connectivity index (χ4v) is 4.34. The molecule has 0 fully saturated rings. The number of halogens is 1. The summed E-state index contributed by atoms with van der Waals surface area (Å²) >= 11 is 0. The third-order valence-electron chi connectivity index (χ3n) is 5.96. The van der Waals surface area contributed by atoms with Crippen LogP contribution in [-0.4, -0.2) is 24.1 Å². The third kappa shape index (κ3) is 8.07. The molecule has 1 unspecified atom stereocenters. The minimum Gasteiger partial charge on any atom is -0.497 e. The minimum atomic E-state index is -0.994. The molecule has 37 heavy (non-hydrogen) atoms. The molecule has 0 saturated carbocycles. The van der Waals surface area contributed by atoms with E-state index in [9.17, 15) is 19.1 Å². The zero-order valence-electron chi connectivity index (χ0n) is 21.7. The second-order valence-electron chi connectivity index (χ2n) is 10.4. The number of carboxylic acid groups (broad SMARTS) is 1. The fraction of sp³-hybridized carbons (Fsp3) is 0.333. The zero-order chi connectivity index (χ0) is 27.2. The molecule has 0 bridgehead atoms. The van der Waals surface area contributed by atoms with Crippen molar-refractivity contribution in [3.63, 3.8) is 0 Å². The summed E-state index contributed by atoms with van der Waals surface area (Å²) in [4.78, 5) is 22.7. The van der Waals surface area contributed by atoms with Crippen LogP contribution in [0, 0.1) is 11.2 Å². The van der Waals surface area contributed by atoms with Crippen molar-refractivity contribution < 1.29 is 28.6 Å². The molecule has 3 aromatic carbocycles.